The number of benzene rings is 1. The van der Waals surface area contributed by atoms with Crippen LogP contribution in [0.2, 0.25) is 0 Å². The zero-order chi connectivity index (χ0) is 11.2. The van der Waals surface area contributed by atoms with Crippen molar-refractivity contribution >= 4 is 0 Å². The molecule has 0 unspecified atom stereocenters. The lowest BCUT2D eigenvalue weighted by atomic mass is 9.91. The van der Waals surface area contributed by atoms with E-state index in [1.165, 1.54) is 16.7 Å². The average Bonchev–Trinajstić information content (AvgIpc) is 3.03. The molecule has 0 spiro atoms. The maximum absolute atomic E-state index is 5.44. The second-order valence-electron chi connectivity index (χ2n) is 4.54. The fraction of sp³-hybridized carbons (Fsp3) is 0.200. The van der Waals surface area contributed by atoms with Crippen molar-refractivity contribution in [2.75, 3.05) is 6.79 Å². The quantitative estimate of drug-likeness (QED) is 0.728. The predicted octanol–water partition coefficient (Wildman–Crippen LogP) is 3.33. The highest BCUT2D eigenvalue weighted by Crippen LogP contribution is 2.44. The third-order valence-corrected chi connectivity index (χ3v) is 3.63. The van der Waals surface area contributed by atoms with E-state index in [0.717, 1.165) is 17.9 Å². The topological polar surface area (TPSA) is 18.5 Å². The summed E-state index contributed by atoms with van der Waals surface area (Å²) in [5.41, 5.74) is 4.13. The third-order valence-electron chi connectivity index (χ3n) is 3.63. The van der Waals surface area contributed by atoms with Crippen LogP contribution in [-0.2, 0) is 0 Å². The van der Waals surface area contributed by atoms with Gasteiger partial charge in [0.25, 0.3) is 0 Å². The molecule has 2 heteroatoms. The molecular formula is C15H12O2. The van der Waals surface area contributed by atoms with Crippen LogP contribution >= 0.6 is 0 Å². The number of hydrogen-bond acceptors (Lipinski definition) is 2. The van der Waals surface area contributed by atoms with Crippen LogP contribution in [0.1, 0.15) is 17.9 Å². The maximum atomic E-state index is 5.44. The second kappa shape index (κ2) is 3.27. The van der Waals surface area contributed by atoms with Gasteiger partial charge in [-0.3, -0.25) is 0 Å². The molecule has 0 radical (unpaired) electrons. The van der Waals surface area contributed by atoms with Crippen LogP contribution < -0.4 is 9.47 Å². The van der Waals surface area contributed by atoms with E-state index in [-0.39, 0.29) is 0 Å². The summed E-state index contributed by atoms with van der Waals surface area (Å²) < 4.78 is 10.8. The number of allylic oxidation sites excluding steroid dienone is 6. The van der Waals surface area contributed by atoms with E-state index in [1.54, 1.807) is 0 Å². The SMILES string of the molecule is C1=CC2=CC[C@@H](c3ccc4c(c3)OCO4)C2=C1. The van der Waals surface area contributed by atoms with E-state index in [1.807, 2.05) is 6.07 Å². The summed E-state index contributed by atoms with van der Waals surface area (Å²) in [5.74, 6) is 2.22. The number of hydrogen-bond donors (Lipinski definition) is 0. The molecule has 0 fully saturated rings. The van der Waals surface area contributed by atoms with E-state index in [9.17, 15) is 0 Å². The molecule has 0 saturated carbocycles. The molecule has 0 saturated heterocycles. The molecule has 84 valence electrons. The number of fused-ring (bicyclic) bond motifs is 2. The predicted molar refractivity (Wildman–Crippen MR) is 65.2 cm³/mol. The Balaban J connectivity index is 1.73. The minimum Gasteiger partial charge on any atom is -0.454 e. The minimum atomic E-state index is 0.344. The van der Waals surface area contributed by atoms with Gasteiger partial charge in [0.2, 0.25) is 6.79 Å². The van der Waals surface area contributed by atoms with E-state index in [2.05, 4.69) is 36.4 Å². The first-order valence-corrected chi connectivity index (χ1v) is 5.90. The van der Waals surface area contributed by atoms with E-state index in [4.69, 9.17) is 9.47 Å². The molecule has 0 bridgehead atoms. The summed E-state index contributed by atoms with van der Waals surface area (Å²) in [7, 11) is 0. The number of rotatable bonds is 1. The van der Waals surface area contributed by atoms with E-state index >= 15 is 0 Å². The van der Waals surface area contributed by atoms with Gasteiger partial charge in [0.1, 0.15) is 0 Å². The van der Waals surface area contributed by atoms with Crippen LogP contribution in [0, 0.1) is 0 Å². The standard InChI is InChI=1S/C15H12O2/c1-2-10-4-6-13(12(10)3-1)11-5-7-14-15(8-11)17-9-16-14/h1-5,7-8,13H,6,9H2/t13-/m0/s1. The molecule has 1 atom stereocenters. The van der Waals surface area contributed by atoms with Crippen LogP contribution in [0.15, 0.2) is 53.6 Å². The Morgan fingerprint density at radius 2 is 2.06 bits per heavy atom. The summed E-state index contributed by atoms with van der Waals surface area (Å²) in [6.07, 6.45) is 9.92. The fourth-order valence-electron chi connectivity index (χ4n) is 2.77. The molecule has 0 amide bonds. The number of ether oxygens (including phenoxy) is 2. The van der Waals surface area contributed by atoms with Gasteiger partial charge in [-0.2, -0.15) is 0 Å². The molecule has 17 heavy (non-hydrogen) atoms. The molecule has 2 aliphatic carbocycles. The maximum Gasteiger partial charge on any atom is 0.231 e. The van der Waals surface area contributed by atoms with Crippen molar-refractivity contribution in [3.8, 4) is 11.5 Å². The first kappa shape index (κ1) is 9.11. The van der Waals surface area contributed by atoms with Gasteiger partial charge in [0.15, 0.2) is 11.5 Å². The van der Waals surface area contributed by atoms with Crippen molar-refractivity contribution in [2.45, 2.75) is 12.3 Å². The highest BCUT2D eigenvalue weighted by Gasteiger charge is 2.26. The normalized spacial score (nSPS) is 23.6. The molecule has 1 aromatic carbocycles. The molecule has 1 aromatic rings. The molecule has 0 aromatic heterocycles. The largest absolute Gasteiger partial charge is 0.454 e. The van der Waals surface area contributed by atoms with E-state index in [0.29, 0.717) is 12.7 Å². The van der Waals surface area contributed by atoms with Gasteiger partial charge in [-0.1, -0.05) is 30.4 Å². The Labute approximate surface area is 99.9 Å². The van der Waals surface area contributed by atoms with Crippen molar-refractivity contribution in [1.29, 1.82) is 0 Å². The third kappa shape index (κ3) is 1.27. The van der Waals surface area contributed by atoms with Crippen LogP contribution in [-0.4, -0.2) is 6.79 Å². The van der Waals surface area contributed by atoms with Crippen LogP contribution in [0.3, 0.4) is 0 Å². The van der Waals surface area contributed by atoms with Gasteiger partial charge < -0.3 is 9.47 Å². The Hall–Kier alpha value is -1.96. The minimum absolute atomic E-state index is 0.344. The van der Waals surface area contributed by atoms with Crippen molar-refractivity contribution < 1.29 is 9.47 Å². The molecule has 3 aliphatic rings. The molecule has 0 N–H and O–H groups in total. The van der Waals surface area contributed by atoms with E-state index < -0.39 is 0 Å². The van der Waals surface area contributed by atoms with Gasteiger partial charge >= 0.3 is 0 Å². The van der Waals surface area contributed by atoms with Gasteiger partial charge in [0, 0.05) is 5.92 Å². The van der Waals surface area contributed by atoms with Gasteiger partial charge in [-0.15, -0.1) is 0 Å². The molecular weight excluding hydrogens is 212 g/mol. The first-order valence-electron chi connectivity index (χ1n) is 5.90. The summed E-state index contributed by atoms with van der Waals surface area (Å²) >= 11 is 0. The molecule has 2 nitrogen and oxygen atoms in total. The zero-order valence-corrected chi connectivity index (χ0v) is 9.35. The Kier molecular flexibility index (Phi) is 1.75. The lowest BCUT2D eigenvalue weighted by Gasteiger charge is -2.13. The van der Waals surface area contributed by atoms with Crippen molar-refractivity contribution in [1.82, 2.24) is 0 Å². The van der Waals surface area contributed by atoms with Gasteiger partial charge in [-0.05, 0) is 35.3 Å². The van der Waals surface area contributed by atoms with Crippen LogP contribution in [0.25, 0.3) is 0 Å². The van der Waals surface area contributed by atoms with Gasteiger partial charge in [-0.25, -0.2) is 0 Å². The first-order chi connectivity index (χ1) is 8.42. The monoisotopic (exact) mass is 224 g/mol. The van der Waals surface area contributed by atoms with Crippen molar-refractivity contribution in [2.24, 2.45) is 0 Å². The molecule has 1 heterocycles. The zero-order valence-electron chi connectivity index (χ0n) is 9.35. The Morgan fingerprint density at radius 1 is 1.12 bits per heavy atom. The highest BCUT2D eigenvalue weighted by atomic mass is 16.7. The lowest BCUT2D eigenvalue weighted by Crippen LogP contribution is -1.96. The molecule has 1 aliphatic heterocycles. The molecule has 4 rings (SSSR count). The van der Waals surface area contributed by atoms with Gasteiger partial charge in [0.05, 0.1) is 0 Å². The average molecular weight is 224 g/mol. The summed E-state index contributed by atoms with van der Waals surface area (Å²) in [6.45, 7) is 0.344. The summed E-state index contributed by atoms with van der Waals surface area (Å²) in [4.78, 5) is 0. The second-order valence-corrected chi connectivity index (χ2v) is 4.54. The Morgan fingerprint density at radius 3 is 3.06 bits per heavy atom. The van der Waals surface area contributed by atoms with Crippen LogP contribution in [0.4, 0.5) is 0 Å². The fourth-order valence-corrected chi connectivity index (χ4v) is 2.77. The van der Waals surface area contributed by atoms with Crippen LogP contribution in [0.5, 0.6) is 11.5 Å². The van der Waals surface area contributed by atoms with Crippen molar-refractivity contribution in [3.05, 3.63) is 59.2 Å². The smallest absolute Gasteiger partial charge is 0.231 e. The Bertz CT molecular complexity index is 579. The summed E-state index contributed by atoms with van der Waals surface area (Å²) in [5, 5.41) is 0. The van der Waals surface area contributed by atoms with Crippen molar-refractivity contribution in [3.63, 3.8) is 0 Å². The lowest BCUT2D eigenvalue weighted by molar-refractivity contribution is 0.174. The highest BCUT2D eigenvalue weighted by molar-refractivity contribution is 5.58. The summed E-state index contributed by atoms with van der Waals surface area (Å²) in [6, 6.07) is 6.27.